The number of aliphatic carboxylic acids is 1. The first-order valence-corrected chi connectivity index (χ1v) is 6.09. The predicted octanol–water partition coefficient (Wildman–Crippen LogP) is 3.63. The van der Waals surface area contributed by atoms with Crippen molar-refractivity contribution in [2.45, 2.75) is 12.3 Å². The van der Waals surface area contributed by atoms with Gasteiger partial charge < -0.3 is 10.2 Å². The molecule has 1 unspecified atom stereocenters. The molecule has 0 aliphatic carbocycles. The van der Waals surface area contributed by atoms with Crippen LogP contribution in [-0.2, 0) is 11.0 Å². The molecule has 0 spiro atoms. The largest absolute Gasteiger partial charge is 0.479 e. The van der Waals surface area contributed by atoms with Crippen molar-refractivity contribution in [3.63, 3.8) is 0 Å². The zero-order valence-electron chi connectivity index (χ0n) is 10.9. The third kappa shape index (κ3) is 2.94. The maximum atomic E-state index is 13.8. The fourth-order valence-corrected chi connectivity index (χ4v) is 2.14. The average Bonchev–Trinajstić information content (AvgIpc) is 2.45. The van der Waals surface area contributed by atoms with Crippen molar-refractivity contribution in [2.24, 2.45) is 0 Å². The molecular weight excluding hydrogens is 304 g/mol. The summed E-state index contributed by atoms with van der Waals surface area (Å²) < 4.78 is 53.0. The third-order valence-electron chi connectivity index (χ3n) is 3.08. The Morgan fingerprint density at radius 1 is 1.00 bits per heavy atom. The number of hydrogen-bond donors (Lipinski definition) is 2. The van der Waals surface area contributed by atoms with Gasteiger partial charge in [0.2, 0.25) is 0 Å². The lowest BCUT2D eigenvalue weighted by Gasteiger charge is -2.19. The molecule has 0 heterocycles. The van der Waals surface area contributed by atoms with E-state index < -0.39 is 35.2 Å². The number of alkyl halides is 3. The number of benzene rings is 2. The minimum Gasteiger partial charge on any atom is -0.479 e. The van der Waals surface area contributed by atoms with Crippen LogP contribution in [0.15, 0.2) is 42.5 Å². The van der Waals surface area contributed by atoms with Gasteiger partial charge in [-0.1, -0.05) is 30.3 Å². The van der Waals surface area contributed by atoms with E-state index in [0.29, 0.717) is 6.07 Å². The smallest absolute Gasteiger partial charge is 0.416 e. The summed E-state index contributed by atoms with van der Waals surface area (Å²) in [5, 5.41) is 18.5. The molecular formula is C15H10F4O3. The van der Waals surface area contributed by atoms with E-state index in [2.05, 4.69) is 0 Å². The summed E-state index contributed by atoms with van der Waals surface area (Å²) in [6.07, 6.45) is -7.31. The molecule has 3 nitrogen and oxygen atoms in total. The zero-order valence-corrected chi connectivity index (χ0v) is 10.9. The maximum Gasteiger partial charge on any atom is 0.416 e. The molecule has 1 atom stereocenters. The fraction of sp³-hybridized carbons (Fsp3) is 0.133. The van der Waals surface area contributed by atoms with Gasteiger partial charge in [0.1, 0.15) is 5.82 Å². The van der Waals surface area contributed by atoms with Crippen LogP contribution in [0.5, 0.6) is 0 Å². The molecule has 0 aliphatic rings. The van der Waals surface area contributed by atoms with Crippen molar-refractivity contribution in [1.29, 1.82) is 0 Å². The Morgan fingerprint density at radius 3 is 2.14 bits per heavy atom. The number of rotatable bonds is 3. The summed E-state index contributed by atoms with van der Waals surface area (Å²) in [5.41, 5.74) is -2.73. The normalized spacial score (nSPS) is 13.0. The van der Waals surface area contributed by atoms with Crippen LogP contribution in [0.2, 0.25) is 0 Å². The van der Waals surface area contributed by atoms with Crippen molar-refractivity contribution in [3.8, 4) is 11.1 Å². The topological polar surface area (TPSA) is 57.5 Å². The summed E-state index contributed by atoms with van der Waals surface area (Å²) in [6, 6.07) is 7.80. The van der Waals surface area contributed by atoms with Gasteiger partial charge in [-0.3, -0.25) is 0 Å². The molecule has 0 saturated heterocycles. The molecule has 0 amide bonds. The van der Waals surface area contributed by atoms with Crippen LogP contribution in [0, 0.1) is 5.82 Å². The van der Waals surface area contributed by atoms with E-state index in [1.165, 1.54) is 18.2 Å². The first-order chi connectivity index (χ1) is 10.2. The van der Waals surface area contributed by atoms with Crippen LogP contribution in [0.1, 0.15) is 17.2 Å². The molecule has 2 aromatic rings. The van der Waals surface area contributed by atoms with E-state index in [1.807, 2.05) is 0 Å². The van der Waals surface area contributed by atoms with Crippen molar-refractivity contribution < 1.29 is 32.6 Å². The minimum absolute atomic E-state index is 0.219. The van der Waals surface area contributed by atoms with E-state index in [0.717, 1.165) is 18.2 Å². The van der Waals surface area contributed by atoms with Gasteiger partial charge >= 0.3 is 12.1 Å². The molecule has 2 N–H and O–H groups in total. The Morgan fingerprint density at radius 2 is 1.59 bits per heavy atom. The highest BCUT2D eigenvalue weighted by Gasteiger charge is 2.38. The molecule has 0 aromatic heterocycles. The number of halogens is 4. The van der Waals surface area contributed by atoms with Crippen molar-refractivity contribution in [2.75, 3.05) is 0 Å². The van der Waals surface area contributed by atoms with Crippen LogP contribution >= 0.6 is 0 Å². The van der Waals surface area contributed by atoms with Gasteiger partial charge in [0, 0.05) is 11.1 Å². The van der Waals surface area contributed by atoms with Gasteiger partial charge in [0.15, 0.2) is 6.10 Å². The Balaban J connectivity index is 2.80. The Hall–Kier alpha value is -2.41. The number of aliphatic hydroxyl groups is 1. The lowest BCUT2D eigenvalue weighted by Crippen LogP contribution is -2.18. The van der Waals surface area contributed by atoms with E-state index in [1.54, 1.807) is 0 Å². The van der Waals surface area contributed by atoms with Gasteiger partial charge in [-0.15, -0.1) is 0 Å². The van der Waals surface area contributed by atoms with E-state index in [4.69, 9.17) is 5.11 Å². The first kappa shape index (κ1) is 16.0. The van der Waals surface area contributed by atoms with Crippen LogP contribution in [0.4, 0.5) is 17.6 Å². The predicted molar refractivity (Wildman–Crippen MR) is 69.4 cm³/mol. The highest BCUT2D eigenvalue weighted by atomic mass is 19.4. The van der Waals surface area contributed by atoms with Crippen molar-refractivity contribution in [3.05, 3.63) is 59.4 Å². The lowest BCUT2D eigenvalue weighted by atomic mass is 9.91. The van der Waals surface area contributed by atoms with Gasteiger partial charge in [0.05, 0.1) is 5.56 Å². The van der Waals surface area contributed by atoms with Gasteiger partial charge in [0.25, 0.3) is 0 Å². The quantitative estimate of drug-likeness (QED) is 0.851. The second kappa shape index (κ2) is 5.76. The molecule has 0 fully saturated rings. The SMILES string of the molecule is O=C(O)C(O)c1c(-c2ccccc2F)cccc1C(F)(F)F. The Kier molecular flexibility index (Phi) is 4.18. The van der Waals surface area contributed by atoms with E-state index in [-0.39, 0.29) is 11.1 Å². The van der Waals surface area contributed by atoms with E-state index in [9.17, 15) is 27.5 Å². The Labute approximate surface area is 122 Å². The van der Waals surface area contributed by atoms with Crippen LogP contribution < -0.4 is 0 Å². The molecule has 2 rings (SSSR count). The average molecular weight is 314 g/mol. The number of carboxylic acid groups (broad SMARTS) is 1. The molecule has 2 aromatic carbocycles. The third-order valence-corrected chi connectivity index (χ3v) is 3.08. The lowest BCUT2D eigenvalue weighted by molar-refractivity contribution is -0.149. The summed E-state index contributed by atoms with van der Waals surface area (Å²) in [5.74, 6) is -2.67. The first-order valence-electron chi connectivity index (χ1n) is 6.09. The molecule has 0 radical (unpaired) electrons. The maximum absolute atomic E-state index is 13.8. The minimum atomic E-state index is -4.88. The molecule has 0 aliphatic heterocycles. The fourth-order valence-electron chi connectivity index (χ4n) is 2.14. The number of carboxylic acids is 1. The Bertz CT molecular complexity index is 710. The molecule has 0 bridgehead atoms. The molecule has 22 heavy (non-hydrogen) atoms. The number of carbonyl (C=O) groups is 1. The molecule has 116 valence electrons. The summed E-state index contributed by atoms with van der Waals surface area (Å²) >= 11 is 0. The zero-order chi connectivity index (χ0) is 16.5. The highest BCUT2D eigenvalue weighted by Crippen LogP contribution is 2.40. The van der Waals surface area contributed by atoms with Gasteiger partial charge in [-0.2, -0.15) is 13.2 Å². The second-order valence-electron chi connectivity index (χ2n) is 4.49. The van der Waals surface area contributed by atoms with Crippen LogP contribution in [0.3, 0.4) is 0 Å². The van der Waals surface area contributed by atoms with Crippen molar-refractivity contribution in [1.82, 2.24) is 0 Å². The van der Waals surface area contributed by atoms with E-state index >= 15 is 0 Å². The summed E-state index contributed by atoms with van der Waals surface area (Å²) in [4.78, 5) is 10.9. The summed E-state index contributed by atoms with van der Waals surface area (Å²) in [6.45, 7) is 0. The highest BCUT2D eigenvalue weighted by molar-refractivity contribution is 5.81. The van der Waals surface area contributed by atoms with Gasteiger partial charge in [-0.25, -0.2) is 9.18 Å². The van der Waals surface area contributed by atoms with Crippen LogP contribution in [0.25, 0.3) is 11.1 Å². The monoisotopic (exact) mass is 314 g/mol. The van der Waals surface area contributed by atoms with Crippen molar-refractivity contribution >= 4 is 5.97 Å². The molecule has 0 saturated carbocycles. The number of hydrogen-bond acceptors (Lipinski definition) is 2. The second-order valence-corrected chi connectivity index (χ2v) is 4.49. The summed E-state index contributed by atoms with van der Waals surface area (Å²) in [7, 11) is 0. The van der Waals surface area contributed by atoms with Crippen LogP contribution in [-0.4, -0.2) is 16.2 Å². The number of aliphatic hydroxyl groups excluding tert-OH is 1. The van der Waals surface area contributed by atoms with Gasteiger partial charge in [-0.05, 0) is 17.7 Å². The standard InChI is InChI=1S/C15H10F4O3/c16-11-7-2-1-4-8(11)9-5-3-6-10(15(17,18)19)12(9)13(20)14(21)22/h1-7,13,20H,(H,21,22). The molecule has 7 heteroatoms.